The predicted octanol–water partition coefficient (Wildman–Crippen LogP) is 4.31. The van der Waals surface area contributed by atoms with Gasteiger partial charge in [-0.05, 0) is 46.7 Å². The van der Waals surface area contributed by atoms with Crippen molar-refractivity contribution in [1.29, 1.82) is 0 Å². The number of halogens is 2. The summed E-state index contributed by atoms with van der Waals surface area (Å²) >= 11 is 8.25. The molecule has 2 N–H and O–H groups in total. The lowest BCUT2D eigenvalue weighted by Crippen LogP contribution is -1.95. The van der Waals surface area contributed by atoms with Gasteiger partial charge in [0.25, 0.3) is 0 Å². The zero-order valence-electron chi connectivity index (χ0n) is 9.50. The summed E-state index contributed by atoms with van der Waals surface area (Å²) in [7, 11) is 0. The first kappa shape index (κ1) is 12.7. The lowest BCUT2D eigenvalue weighted by atomic mass is 9.99. The highest BCUT2D eigenvalue weighted by Crippen LogP contribution is 2.36. The fourth-order valence-electron chi connectivity index (χ4n) is 1.73. The number of nitrogens with two attached hydrogens (primary N) is 1. The Morgan fingerprint density at radius 3 is 2.76 bits per heavy atom. The maximum atomic E-state index is 6.01. The standard InChI is InChI=1S/C12H12ClIN2O/c1-6(2)10-11(17-16-12(10)15)8-5-7(13)3-4-9(8)14/h3-6H,1-2H3,(H2,15,16). The van der Waals surface area contributed by atoms with Gasteiger partial charge in [-0.25, -0.2) is 0 Å². The van der Waals surface area contributed by atoms with Crippen molar-refractivity contribution in [2.45, 2.75) is 19.8 Å². The number of aromatic nitrogens is 1. The van der Waals surface area contributed by atoms with E-state index >= 15 is 0 Å². The molecule has 0 bridgehead atoms. The Bertz CT molecular complexity index is 551. The highest BCUT2D eigenvalue weighted by molar-refractivity contribution is 14.1. The summed E-state index contributed by atoms with van der Waals surface area (Å²) in [5, 5.41) is 4.51. The Labute approximate surface area is 118 Å². The number of nitrogen functional groups attached to an aromatic ring is 1. The minimum Gasteiger partial charge on any atom is -0.381 e. The maximum absolute atomic E-state index is 6.01. The van der Waals surface area contributed by atoms with Gasteiger partial charge in [-0.2, -0.15) is 0 Å². The summed E-state index contributed by atoms with van der Waals surface area (Å²) in [6.45, 7) is 4.12. The molecular formula is C12H12ClIN2O. The van der Waals surface area contributed by atoms with E-state index in [0.29, 0.717) is 16.6 Å². The maximum Gasteiger partial charge on any atom is 0.173 e. The van der Waals surface area contributed by atoms with Crippen LogP contribution in [0.3, 0.4) is 0 Å². The minimum absolute atomic E-state index is 0.256. The summed E-state index contributed by atoms with van der Waals surface area (Å²) in [5.74, 6) is 1.42. The number of rotatable bonds is 2. The Morgan fingerprint density at radius 1 is 1.41 bits per heavy atom. The molecule has 0 fully saturated rings. The van der Waals surface area contributed by atoms with Crippen LogP contribution in [0.15, 0.2) is 22.7 Å². The highest BCUT2D eigenvalue weighted by atomic mass is 127. The first-order chi connectivity index (χ1) is 8.00. The van der Waals surface area contributed by atoms with Crippen molar-refractivity contribution in [3.63, 3.8) is 0 Å². The van der Waals surface area contributed by atoms with Crippen LogP contribution in [0.2, 0.25) is 5.02 Å². The smallest absolute Gasteiger partial charge is 0.173 e. The van der Waals surface area contributed by atoms with Gasteiger partial charge in [0, 0.05) is 19.7 Å². The average molecular weight is 363 g/mol. The molecule has 0 aliphatic rings. The third kappa shape index (κ3) is 2.42. The Hall–Kier alpha value is -0.750. The van der Waals surface area contributed by atoms with Crippen LogP contribution in [0.1, 0.15) is 25.3 Å². The molecule has 0 radical (unpaired) electrons. The first-order valence-electron chi connectivity index (χ1n) is 5.21. The van der Waals surface area contributed by atoms with Crippen LogP contribution < -0.4 is 5.73 Å². The molecule has 0 saturated carbocycles. The molecule has 0 saturated heterocycles. The number of nitrogens with zero attached hydrogens (tertiary/aromatic N) is 1. The van der Waals surface area contributed by atoms with Crippen molar-refractivity contribution >= 4 is 40.0 Å². The highest BCUT2D eigenvalue weighted by Gasteiger charge is 2.20. The molecule has 2 aromatic rings. The van der Waals surface area contributed by atoms with E-state index < -0.39 is 0 Å². The molecule has 5 heteroatoms. The van der Waals surface area contributed by atoms with Crippen molar-refractivity contribution in [2.24, 2.45) is 0 Å². The topological polar surface area (TPSA) is 52.0 Å². The van der Waals surface area contributed by atoms with E-state index in [4.69, 9.17) is 21.9 Å². The molecule has 0 spiro atoms. The van der Waals surface area contributed by atoms with E-state index in [1.54, 1.807) is 0 Å². The monoisotopic (exact) mass is 362 g/mol. The quantitative estimate of drug-likeness (QED) is 0.810. The van der Waals surface area contributed by atoms with E-state index in [1.807, 2.05) is 18.2 Å². The second-order valence-corrected chi connectivity index (χ2v) is 5.69. The molecule has 1 aromatic heterocycles. The number of hydrogen-bond acceptors (Lipinski definition) is 3. The molecule has 17 heavy (non-hydrogen) atoms. The summed E-state index contributed by atoms with van der Waals surface area (Å²) in [6, 6.07) is 5.66. The van der Waals surface area contributed by atoms with Gasteiger partial charge in [0.05, 0.1) is 0 Å². The summed E-state index contributed by atoms with van der Waals surface area (Å²) in [5.41, 5.74) is 7.70. The molecule has 1 aromatic carbocycles. The lowest BCUT2D eigenvalue weighted by molar-refractivity contribution is 0.434. The van der Waals surface area contributed by atoms with Crippen LogP contribution in [-0.4, -0.2) is 5.16 Å². The van der Waals surface area contributed by atoms with Crippen LogP contribution >= 0.6 is 34.2 Å². The Balaban J connectivity index is 2.64. The first-order valence-corrected chi connectivity index (χ1v) is 6.67. The second kappa shape index (κ2) is 4.86. The molecule has 0 unspecified atom stereocenters. The van der Waals surface area contributed by atoms with Crippen LogP contribution in [-0.2, 0) is 0 Å². The molecule has 3 nitrogen and oxygen atoms in total. The third-order valence-electron chi connectivity index (χ3n) is 2.51. The number of anilines is 1. The van der Waals surface area contributed by atoms with Gasteiger partial charge in [0.1, 0.15) is 0 Å². The summed E-state index contributed by atoms with van der Waals surface area (Å²) in [4.78, 5) is 0. The van der Waals surface area contributed by atoms with Gasteiger partial charge in [-0.1, -0.05) is 30.6 Å². The molecular weight excluding hydrogens is 351 g/mol. The fraction of sp³-hybridized carbons (Fsp3) is 0.250. The van der Waals surface area contributed by atoms with Crippen molar-refractivity contribution in [3.8, 4) is 11.3 Å². The van der Waals surface area contributed by atoms with Gasteiger partial charge in [0.2, 0.25) is 0 Å². The summed E-state index contributed by atoms with van der Waals surface area (Å²) < 4.78 is 6.40. The van der Waals surface area contributed by atoms with Crippen molar-refractivity contribution < 1.29 is 4.52 Å². The molecule has 0 aliphatic carbocycles. The number of benzene rings is 1. The Kier molecular flexibility index (Phi) is 3.63. The van der Waals surface area contributed by atoms with E-state index in [2.05, 4.69) is 41.6 Å². The van der Waals surface area contributed by atoms with Crippen molar-refractivity contribution in [3.05, 3.63) is 32.4 Å². The largest absolute Gasteiger partial charge is 0.381 e. The fourth-order valence-corrected chi connectivity index (χ4v) is 2.49. The van der Waals surface area contributed by atoms with Crippen LogP contribution in [0.4, 0.5) is 5.82 Å². The van der Waals surface area contributed by atoms with Crippen LogP contribution in [0.5, 0.6) is 0 Å². The number of hydrogen-bond donors (Lipinski definition) is 1. The average Bonchev–Trinajstić information content (AvgIpc) is 2.64. The van der Waals surface area contributed by atoms with Gasteiger partial charge >= 0.3 is 0 Å². The SMILES string of the molecule is CC(C)c1c(N)noc1-c1cc(Cl)ccc1I. The predicted molar refractivity (Wildman–Crippen MR) is 78.2 cm³/mol. The van der Waals surface area contributed by atoms with Crippen molar-refractivity contribution in [1.82, 2.24) is 5.16 Å². The zero-order chi connectivity index (χ0) is 12.6. The summed E-state index contributed by atoms with van der Waals surface area (Å²) in [6.07, 6.45) is 0. The molecule has 90 valence electrons. The van der Waals surface area contributed by atoms with E-state index in [0.717, 1.165) is 14.7 Å². The van der Waals surface area contributed by atoms with E-state index in [-0.39, 0.29) is 5.92 Å². The normalized spacial score (nSPS) is 11.1. The minimum atomic E-state index is 0.256. The molecule has 2 rings (SSSR count). The lowest BCUT2D eigenvalue weighted by Gasteiger charge is -2.07. The Morgan fingerprint density at radius 2 is 2.12 bits per heavy atom. The van der Waals surface area contributed by atoms with Gasteiger partial charge < -0.3 is 10.3 Å². The van der Waals surface area contributed by atoms with Gasteiger partial charge in [-0.3, -0.25) is 0 Å². The molecule has 0 amide bonds. The van der Waals surface area contributed by atoms with Crippen molar-refractivity contribution in [2.75, 3.05) is 5.73 Å². The van der Waals surface area contributed by atoms with Gasteiger partial charge in [0.15, 0.2) is 11.6 Å². The van der Waals surface area contributed by atoms with Gasteiger partial charge in [-0.15, -0.1) is 0 Å². The molecule has 1 heterocycles. The van der Waals surface area contributed by atoms with E-state index in [9.17, 15) is 0 Å². The molecule has 0 aliphatic heterocycles. The zero-order valence-corrected chi connectivity index (χ0v) is 12.4. The second-order valence-electron chi connectivity index (χ2n) is 4.09. The van der Waals surface area contributed by atoms with E-state index in [1.165, 1.54) is 0 Å². The van der Waals surface area contributed by atoms with Crippen LogP contribution in [0, 0.1) is 3.57 Å². The third-order valence-corrected chi connectivity index (χ3v) is 3.68. The molecule has 0 atom stereocenters. The van der Waals surface area contributed by atoms with Crippen LogP contribution in [0.25, 0.3) is 11.3 Å².